The quantitative estimate of drug-likeness (QED) is 0.131. The van der Waals surface area contributed by atoms with Gasteiger partial charge in [-0.1, -0.05) is 0 Å². The number of carbonyl (C=O) groups excluding carboxylic acids is 7. The van der Waals surface area contributed by atoms with Crippen molar-refractivity contribution in [3.05, 3.63) is 23.8 Å². The van der Waals surface area contributed by atoms with Crippen molar-refractivity contribution in [2.45, 2.75) is 112 Å². The van der Waals surface area contributed by atoms with Crippen LogP contribution in [0, 0.1) is 0 Å². The first kappa shape index (κ1) is 42.2. The van der Waals surface area contributed by atoms with E-state index in [1.165, 1.54) is 27.7 Å². The lowest BCUT2D eigenvalue weighted by Gasteiger charge is -2.31. The van der Waals surface area contributed by atoms with Gasteiger partial charge in [0.2, 0.25) is 41.4 Å². The van der Waals surface area contributed by atoms with Crippen molar-refractivity contribution in [3.63, 3.8) is 0 Å². The highest BCUT2D eigenvalue weighted by Crippen LogP contribution is 2.33. The number of H-pyrrole nitrogens is 1. The summed E-state index contributed by atoms with van der Waals surface area (Å²) in [7, 11) is 0. The molecule has 0 radical (unpaired) electrons. The molecule has 2 aromatic rings. The second-order valence-corrected chi connectivity index (χ2v) is 15.9. The van der Waals surface area contributed by atoms with Crippen LogP contribution in [0.5, 0.6) is 0 Å². The fourth-order valence-corrected chi connectivity index (χ4v) is 7.92. The summed E-state index contributed by atoms with van der Waals surface area (Å²) >= 11 is 1.05. The molecule has 5 rings (SSSR count). The summed E-state index contributed by atoms with van der Waals surface area (Å²) in [6.45, 7) is 3.95. The summed E-state index contributed by atoms with van der Waals surface area (Å²) in [6, 6.07) is -5.15. The highest BCUT2D eigenvalue weighted by atomic mass is 32.2. The Morgan fingerprint density at radius 1 is 0.893 bits per heavy atom. The van der Waals surface area contributed by atoms with Gasteiger partial charge in [-0.25, -0.2) is 0 Å². The van der Waals surface area contributed by atoms with E-state index in [-0.39, 0.29) is 25.1 Å². The Balaban J connectivity index is 1.70. The van der Waals surface area contributed by atoms with Crippen molar-refractivity contribution in [2.24, 2.45) is 0 Å². The number of nitrogens with zero attached hydrogens (tertiary/aromatic N) is 1. The normalized spacial score (nSPS) is 30.4. The zero-order chi connectivity index (χ0) is 41.2. The minimum Gasteiger partial charge on any atom is -0.399 e. The number of aliphatic hydroxyl groups is 4. The molecule has 7 amide bonds. The van der Waals surface area contributed by atoms with Crippen LogP contribution in [-0.2, 0) is 40.0 Å². The number of benzene rings is 1. The van der Waals surface area contributed by atoms with Gasteiger partial charge in [0, 0.05) is 48.2 Å². The van der Waals surface area contributed by atoms with Crippen LogP contribution in [0.3, 0.4) is 0 Å². The number of anilines is 1. The van der Waals surface area contributed by atoms with E-state index < -0.39 is 114 Å². The van der Waals surface area contributed by atoms with E-state index in [0.29, 0.717) is 27.2 Å². The van der Waals surface area contributed by atoms with Crippen LogP contribution in [0.15, 0.2) is 23.2 Å². The number of nitrogens with two attached hydrogens (primary N) is 1. The second-order valence-electron chi connectivity index (χ2n) is 14.9. The van der Waals surface area contributed by atoms with Crippen molar-refractivity contribution in [3.8, 4) is 0 Å². The molecule has 56 heavy (non-hydrogen) atoms. The lowest BCUT2D eigenvalue weighted by atomic mass is 9.96. The van der Waals surface area contributed by atoms with E-state index in [4.69, 9.17) is 5.73 Å². The first-order chi connectivity index (χ1) is 26.3. The summed E-state index contributed by atoms with van der Waals surface area (Å²) in [5.41, 5.74) is 5.62. The van der Waals surface area contributed by atoms with E-state index in [2.05, 4.69) is 36.9 Å². The van der Waals surface area contributed by atoms with Gasteiger partial charge in [0.05, 0.1) is 29.4 Å². The van der Waals surface area contributed by atoms with E-state index in [9.17, 15) is 54.0 Å². The van der Waals surface area contributed by atoms with E-state index in [1.54, 1.807) is 18.2 Å². The molecule has 1 unspecified atom stereocenters. The number of hydrogen-bond acceptors (Lipinski definition) is 13. The number of nitrogen functional groups attached to an aromatic ring is 1. The number of hydrogen-bond donors (Lipinski definition) is 12. The first-order valence-corrected chi connectivity index (χ1v) is 19.1. The topological polar surface area (TPSA) is 318 Å². The van der Waals surface area contributed by atoms with Crippen LogP contribution in [0.2, 0.25) is 0 Å². The van der Waals surface area contributed by atoms with E-state index in [1.807, 2.05) is 0 Å². The zero-order valence-corrected chi connectivity index (χ0v) is 32.1. The van der Waals surface area contributed by atoms with Crippen LogP contribution in [0.1, 0.15) is 46.1 Å². The number of aliphatic hydroxyl groups excluding tert-OH is 3. The second kappa shape index (κ2) is 17.0. The van der Waals surface area contributed by atoms with Crippen molar-refractivity contribution >= 4 is 69.7 Å². The van der Waals surface area contributed by atoms with Crippen LogP contribution >= 0.6 is 11.8 Å². The summed E-state index contributed by atoms with van der Waals surface area (Å²) in [4.78, 5) is 101. The Morgan fingerprint density at radius 3 is 2.20 bits per heavy atom. The Kier molecular flexibility index (Phi) is 12.8. The molecule has 1 aromatic heterocycles. The molecule has 20 nitrogen and oxygen atoms in total. The molecule has 3 aliphatic heterocycles. The largest absolute Gasteiger partial charge is 0.399 e. The molecular formula is C35H49N9O11S. The minimum absolute atomic E-state index is 0.192. The van der Waals surface area contributed by atoms with Gasteiger partial charge >= 0.3 is 0 Å². The third-order valence-corrected chi connectivity index (χ3v) is 11.1. The minimum atomic E-state index is -1.91. The number of thioether (sulfide) groups is 1. The number of amides is 7. The van der Waals surface area contributed by atoms with E-state index in [0.717, 1.165) is 16.7 Å². The number of rotatable bonds is 4. The Labute approximate surface area is 325 Å². The SMILES string of the molecule is CC(O)[C@H]1NC(=O)[C@H](C)NC(=O)[C@H](C[C@@](C)(O)CO)NC(=O)[C@@H]2Cc3c([nH]c4ccc(N)cc34)SC[C@@H](NC1=O)C(=O)N1C[C@H](O)C[C@H]1C(=O)N[C@@H](C)C(=O)N2. The Bertz CT molecular complexity index is 1890. The number of aromatic nitrogens is 1. The molecule has 4 heterocycles. The van der Waals surface area contributed by atoms with Gasteiger partial charge in [-0.15, -0.1) is 11.8 Å². The van der Waals surface area contributed by atoms with Crippen molar-refractivity contribution in [1.82, 2.24) is 41.8 Å². The molecule has 306 valence electrons. The van der Waals surface area contributed by atoms with Gasteiger partial charge in [0.1, 0.15) is 42.3 Å². The molecule has 21 heteroatoms. The average Bonchev–Trinajstić information content (AvgIpc) is 3.69. The predicted molar refractivity (Wildman–Crippen MR) is 200 cm³/mol. The van der Waals surface area contributed by atoms with Crippen LogP contribution in [-0.4, -0.2) is 151 Å². The fourth-order valence-electron chi connectivity index (χ4n) is 6.81. The summed E-state index contributed by atoms with van der Waals surface area (Å²) in [5.74, 6) is -6.42. The molecule has 1 aromatic carbocycles. The van der Waals surface area contributed by atoms with E-state index >= 15 is 0 Å². The maximum absolute atomic E-state index is 14.3. The van der Waals surface area contributed by atoms with Gasteiger partial charge in [0.25, 0.3) is 0 Å². The molecule has 13 N–H and O–H groups in total. The molecule has 3 aliphatic rings. The summed E-state index contributed by atoms with van der Waals surface area (Å²) in [5, 5.41) is 57.9. The fraction of sp³-hybridized carbons (Fsp3) is 0.571. The van der Waals surface area contributed by atoms with Gasteiger partial charge in [-0.3, -0.25) is 33.6 Å². The smallest absolute Gasteiger partial charge is 0.246 e. The molecule has 0 aliphatic carbocycles. The zero-order valence-electron chi connectivity index (χ0n) is 31.3. The highest BCUT2D eigenvalue weighted by Gasteiger charge is 2.44. The van der Waals surface area contributed by atoms with Gasteiger partial charge in [0.15, 0.2) is 0 Å². The number of aromatic amines is 1. The summed E-state index contributed by atoms with van der Waals surface area (Å²) < 4.78 is 0. The van der Waals surface area contributed by atoms with Gasteiger partial charge < -0.3 is 67.9 Å². The number of carbonyl (C=O) groups is 7. The number of nitrogens with one attached hydrogen (secondary N) is 7. The molecule has 1 saturated heterocycles. The van der Waals surface area contributed by atoms with Gasteiger partial charge in [-0.05, 0) is 51.5 Å². The first-order valence-electron chi connectivity index (χ1n) is 18.1. The number of fused-ring (bicyclic) bond motifs is 5. The van der Waals surface area contributed by atoms with Crippen molar-refractivity contribution in [2.75, 3.05) is 24.6 Å². The predicted octanol–water partition coefficient (Wildman–Crippen LogP) is -4.16. The third kappa shape index (κ3) is 9.52. The van der Waals surface area contributed by atoms with Crippen LogP contribution < -0.4 is 37.6 Å². The molecular weight excluding hydrogens is 755 g/mol. The lowest BCUT2D eigenvalue weighted by Crippen LogP contribution is -2.61. The Hall–Kier alpha value is -4.96. The van der Waals surface area contributed by atoms with Crippen molar-refractivity contribution < 1.29 is 54.0 Å². The molecule has 0 spiro atoms. The molecule has 10 atom stereocenters. The monoisotopic (exact) mass is 803 g/mol. The molecule has 0 saturated carbocycles. The van der Waals surface area contributed by atoms with Gasteiger partial charge in [-0.2, -0.15) is 0 Å². The maximum atomic E-state index is 14.3. The lowest BCUT2D eigenvalue weighted by molar-refractivity contribution is -0.142. The van der Waals surface area contributed by atoms with Crippen molar-refractivity contribution in [1.29, 1.82) is 0 Å². The average molecular weight is 804 g/mol. The van der Waals surface area contributed by atoms with Crippen LogP contribution in [0.25, 0.3) is 10.9 Å². The maximum Gasteiger partial charge on any atom is 0.246 e. The molecule has 1 fully saturated rings. The third-order valence-electron chi connectivity index (χ3n) is 9.99. The molecule has 2 bridgehead atoms. The standard InChI is InChI=1S/C35H49N9O11S/c1-14-27(48)39-22-9-20-19-7-17(36)5-6-21(19)42-33(20)56-12-24(34(54)44-11-18(47)8-25(44)31(52)38-14)41-32(53)26(16(3)46)43-28(49)15(2)37-30(51)23(40-29(22)50)10-35(4,55)13-45/h5-7,14-16,18,22-26,42,45-47,55H,8-13,36H2,1-4H3,(H,37,51)(H,38,52)(H,39,48)(H,40,50)(H,41,53)(H,43,49)/t14-,15-,16?,18+,22-,23-,24+,25-,26+,35+/m0/s1. The highest BCUT2D eigenvalue weighted by molar-refractivity contribution is 7.99. The van der Waals surface area contributed by atoms with Crippen LogP contribution in [0.4, 0.5) is 5.69 Å². The Morgan fingerprint density at radius 2 is 1.54 bits per heavy atom. The summed E-state index contributed by atoms with van der Waals surface area (Å²) in [6.07, 6.45) is -3.64.